The Morgan fingerprint density at radius 1 is 0.667 bits per heavy atom. The van der Waals surface area contributed by atoms with Gasteiger partial charge in [-0.1, -0.05) is 123 Å². The Balaban J connectivity index is 3.43. The molecule has 5 nitrogen and oxygen atoms in total. The van der Waals surface area contributed by atoms with Crippen molar-refractivity contribution in [1.29, 1.82) is 0 Å². The fourth-order valence-corrected chi connectivity index (χ4v) is 4.27. The van der Waals surface area contributed by atoms with Gasteiger partial charge in [0.2, 0.25) is 0 Å². The summed E-state index contributed by atoms with van der Waals surface area (Å²) >= 11 is 0. The Labute approximate surface area is 204 Å². The van der Waals surface area contributed by atoms with Gasteiger partial charge in [0.1, 0.15) is 12.1 Å². The molecule has 0 aliphatic heterocycles. The van der Waals surface area contributed by atoms with Gasteiger partial charge in [-0.3, -0.25) is 9.59 Å². The molecule has 2 atom stereocenters. The number of aliphatic carboxylic acids is 1. The highest BCUT2D eigenvalue weighted by molar-refractivity contribution is 5.76. The Bertz CT molecular complexity index is 455. The highest BCUT2D eigenvalue weighted by atomic mass is 16.5. The monoisotopic (exact) mass is 469 g/mol. The molecule has 0 amide bonds. The number of carbonyl (C=O) groups excluding carboxylic acids is 1. The summed E-state index contributed by atoms with van der Waals surface area (Å²) < 4.78 is 5.47. The van der Waals surface area contributed by atoms with Crippen LogP contribution in [0.15, 0.2) is 0 Å². The second kappa shape index (κ2) is 24.0. The standard InChI is InChI=1S/C28H55NO4/c1-3-5-6-7-8-9-10-11-12-13-14-15-16-17-18-19-20-21-22-25(4-2)33-28(32)26(29)23-24-27(30)31/h25-26H,3-24,29H2,1-2H3,(H,30,31)/t25?,26-/m0/s1. The van der Waals surface area contributed by atoms with Crippen LogP contribution in [-0.2, 0) is 14.3 Å². The average Bonchev–Trinajstić information content (AvgIpc) is 2.80. The summed E-state index contributed by atoms with van der Waals surface area (Å²) in [6, 6.07) is -0.838. The van der Waals surface area contributed by atoms with E-state index in [1.165, 1.54) is 109 Å². The molecule has 0 aliphatic rings. The first-order chi connectivity index (χ1) is 16.0. The summed E-state index contributed by atoms with van der Waals surface area (Å²) in [7, 11) is 0. The molecule has 0 saturated carbocycles. The van der Waals surface area contributed by atoms with Gasteiger partial charge in [-0.05, 0) is 25.7 Å². The van der Waals surface area contributed by atoms with Gasteiger partial charge < -0.3 is 15.6 Å². The minimum atomic E-state index is -0.941. The Kier molecular flexibility index (Phi) is 23.2. The lowest BCUT2D eigenvalue weighted by atomic mass is 10.0. The molecule has 0 rings (SSSR count). The molecule has 0 heterocycles. The summed E-state index contributed by atoms with van der Waals surface area (Å²) in [5.41, 5.74) is 5.73. The van der Waals surface area contributed by atoms with Crippen molar-refractivity contribution in [3.63, 3.8) is 0 Å². The van der Waals surface area contributed by atoms with E-state index in [4.69, 9.17) is 15.6 Å². The van der Waals surface area contributed by atoms with Crippen LogP contribution in [-0.4, -0.2) is 29.2 Å². The summed E-state index contributed by atoms with van der Waals surface area (Å²) in [6.07, 6.45) is 26.0. The number of hydrogen-bond acceptors (Lipinski definition) is 4. The summed E-state index contributed by atoms with van der Waals surface area (Å²) in [4.78, 5) is 22.6. The van der Waals surface area contributed by atoms with E-state index in [0.717, 1.165) is 19.3 Å². The third-order valence-corrected chi connectivity index (χ3v) is 6.59. The zero-order valence-electron chi connectivity index (χ0n) is 22.0. The summed E-state index contributed by atoms with van der Waals surface area (Å²) in [5, 5.41) is 8.69. The SMILES string of the molecule is CCCCCCCCCCCCCCCCCCCCC(CC)OC(=O)[C@@H](N)CCC(=O)O. The quantitative estimate of drug-likeness (QED) is 0.105. The molecule has 0 saturated heterocycles. The van der Waals surface area contributed by atoms with Gasteiger partial charge in [-0.15, -0.1) is 0 Å². The third-order valence-electron chi connectivity index (χ3n) is 6.59. The van der Waals surface area contributed by atoms with Crippen LogP contribution in [0.4, 0.5) is 0 Å². The zero-order chi connectivity index (χ0) is 24.6. The molecule has 33 heavy (non-hydrogen) atoms. The molecule has 0 aliphatic carbocycles. The predicted molar refractivity (Wildman–Crippen MR) is 138 cm³/mol. The lowest BCUT2D eigenvalue weighted by molar-refractivity contribution is -0.151. The van der Waals surface area contributed by atoms with Gasteiger partial charge in [0, 0.05) is 6.42 Å². The van der Waals surface area contributed by atoms with Crippen molar-refractivity contribution in [2.75, 3.05) is 0 Å². The van der Waals surface area contributed by atoms with Crippen LogP contribution < -0.4 is 5.73 Å². The number of esters is 1. The van der Waals surface area contributed by atoms with Crippen molar-refractivity contribution in [3.05, 3.63) is 0 Å². The Morgan fingerprint density at radius 3 is 1.42 bits per heavy atom. The van der Waals surface area contributed by atoms with Crippen LogP contribution in [0.2, 0.25) is 0 Å². The molecule has 0 fully saturated rings. The lowest BCUT2D eigenvalue weighted by Crippen LogP contribution is -2.35. The third kappa shape index (κ3) is 22.5. The van der Waals surface area contributed by atoms with Gasteiger partial charge in [0.25, 0.3) is 0 Å². The number of carboxylic acids is 1. The van der Waals surface area contributed by atoms with Crippen molar-refractivity contribution < 1.29 is 19.4 Å². The number of ether oxygens (including phenoxy) is 1. The smallest absolute Gasteiger partial charge is 0.323 e. The van der Waals surface area contributed by atoms with Gasteiger partial charge in [-0.2, -0.15) is 0 Å². The van der Waals surface area contributed by atoms with Crippen LogP contribution in [0.1, 0.15) is 155 Å². The van der Waals surface area contributed by atoms with Crippen molar-refractivity contribution in [1.82, 2.24) is 0 Å². The number of carbonyl (C=O) groups is 2. The highest BCUT2D eigenvalue weighted by Gasteiger charge is 2.20. The van der Waals surface area contributed by atoms with Crippen LogP contribution in [0.5, 0.6) is 0 Å². The van der Waals surface area contributed by atoms with E-state index in [1.807, 2.05) is 6.92 Å². The maximum Gasteiger partial charge on any atom is 0.323 e. The molecule has 3 N–H and O–H groups in total. The van der Waals surface area contributed by atoms with Crippen molar-refractivity contribution in [2.24, 2.45) is 5.73 Å². The van der Waals surface area contributed by atoms with E-state index in [0.29, 0.717) is 0 Å². The first-order valence-corrected chi connectivity index (χ1v) is 14.2. The summed E-state index contributed by atoms with van der Waals surface area (Å²) in [6.45, 7) is 4.29. The maximum atomic E-state index is 12.0. The maximum absolute atomic E-state index is 12.0. The molecule has 5 heteroatoms. The topological polar surface area (TPSA) is 89.6 Å². The molecule has 1 unspecified atom stereocenters. The van der Waals surface area contributed by atoms with Crippen LogP contribution in [0.3, 0.4) is 0 Å². The van der Waals surface area contributed by atoms with Crippen LogP contribution >= 0.6 is 0 Å². The first-order valence-electron chi connectivity index (χ1n) is 14.2. The fraction of sp³-hybridized carbons (Fsp3) is 0.929. The van der Waals surface area contributed by atoms with Gasteiger partial charge >= 0.3 is 11.9 Å². The molecular formula is C28H55NO4. The second-order valence-corrected chi connectivity index (χ2v) is 9.81. The van der Waals surface area contributed by atoms with Gasteiger partial charge in [-0.25, -0.2) is 0 Å². The van der Waals surface area contributed by atoms with E-state index in [9.17, 15) is 9.59 Å². The van der Waals surface area contributed by atoms with Gasteiger partial charge in [0.05, 0.1) is 0 Å². The highest BCUT2D eigenvalue weighted by Crippen LogP contribution is 2.16. The number of rotatable bonds is 25. The molecule has 196 valence electrons. The van der Waals surface area contributed by atoms with Gasteiger partial charge in [0.15, 0.2) is 0 Å². The average molecular weight is 470 g/mol. The molecule has 0 bridgehead atoms. The molecular weight excluding hydrogens is 414 g/mol. The molecule has 0 aromatic carbocycles. The molecule has 0 aromatic rings. The van der Waals surface area contributed by atoms with E-state index < -0.39 is 18.0 Å². The van der Waals surface area contributed by atoms with Crippen LogP contribution in [0.25, 0.3) is 0 Å². The Hall–Kier alpha value is -1.10. The minimum absolute atomic E-state index is 0.102. The van der Waals surface area contributed by atoms with E-state index in [2.05, 4.69) is 6.92 Å². The first kappa shape index (κ1) is 31.9. The molecule has 0 aromatic heterocycles. The van der Waals surface area contributed by atoms with Crippen LogP contribution in [0, 0.1) is 0 Å². The zero-order valence-corrected chi connectivity index (χ0v) is 22.0. The number of unbranched alkanes of at least 4 members (excludes halogenated alkanes) is 17. The Morgan fingerprint density at radius 2 is 1.06 bits per heavy atom. The minimum Gasteiger partial charge on any atom is -0.481 e. The van der Waals surface area contributed by atoms with E-state index >= 15 is 0 Å². The second-order valence-electron chi connectivity index (χ2n) is 9.81. The predicted octanol–water partition coefficient (Wildman–Crippen LogP) is 7.93. The van der Waals surface area contributed by atoms with Crippen molar-refractivity contribution in [3.8, 4) is 0 Å². The summed E-state index contributed by atoms with van der Waals surface area (Å²) in [5.74, 6) is -1.41. The normalized spacial score (nSPS) is 13.1. The van der Waals surface area contributed by atoms with E-state index in [-0.39, 0.29) is 18.9 Å². The number of nitrogens with two attached hydrogens (primary N) is 1. The number of carboxylic acid groups (broad SMARTS) is 1. The van der Waals surface area contributed by atoms with Crippen molar-refractivity contribution >= 4 is 11.9 Å². The van der Waals surface area contributed by atoms with E-state index in [1.54, 1.807) is 0 Å². The molecule has 0 radical (unpaired) electrons. The molecule has 0 spiro atoms. The lowest BCUT2D eigenvalue weighted by Gasteiger charge is -2.18. The fourth-order valence-electron chi connectivity index (χ4n) is 4.27. The van der Waals surface area contributed by atoms with Crippen molar-refractivity contribution in [2.45, 2.75) is 167 Å². The largest absolute Gasteiger partial charge is 0.481 e. The number of hydrogen-bond donors (Lipinski definition) is 2.